The number of nitrogens with zero attached hydrogens (tertiary/aromatic N) is 2. The molecule has 0 N–H and O–H groups in total. The largest absolute Gasteiger partial charge is 0.465 e. The smallest absolute Gasteiger partial charge is 0.320 e. The zero-order valence-corrected chi connectivity index (χ0v) is 7.82. The molecule has 4 heteroatoms. The standard InChI is InChI=1S/C9H14N2O2/c1-2-13-9(12)7-11-5-3-4-8(11)6-10/h8H,2-5,7H2,1H3. The molecule has 0 aromatic carbocycles. The molecular weight excluding hydrogens is 168 g/mol. The van der Waals surface area contributed by atoms with Crippen LogP contribution in [-0.2, 0) is 9.53 Å². The van der Waals surface area contributed by atoms with Gasteiger partial charge in [0.1, 0.15) is 0 Å². The van der Waals surface area contributed by atoms with Gasteiger partial charge >= 0.3 is 5.97 Å². The van der Waals surface area contributed by atoms with Gasteiger partial charge in [0.2, 0.25) is 0 Å². The fourth-order valence-electron chi connectivity index (χ4n) is 1.53. The van der Waals surface area contributed by atoms with Crippen LogP contribution in [0.3, 0.4) is 0 Å². The van der Waals surface area contributed by atoms with Crippen LogP contribution in [0.1, 0.15) is 19.8 Å². The first-order chi connectivity index (χ1) is 6.27. The summed E-state index contributed by atoms with van der Waals surface area (Å²) in [4.78, 5) is 13.0. The molecule has 0 aliphatic carbocycles. The number of nitriles is 1. The van der Waals surface area contributed by atoms with Gasteiger partial charge in [-0.3, -0.25) is 9.69 Å². The number of ether oxygens (including phenoxy) is 1. The fraction of sp³-hybridized carbons (Fsp3) is 0.778. The minimum atomic E-state index is -0.232. The minimum Gasteiger partial charge on any atom is -0.465 e. The van der Waals surface area contributed by atoms with Crippen LogP contribution >= 0.6 is 0 Å². The highest BCUT2D eigenvalue weighted by atomic mass is 16.5. The van der Waals surface area contributed by atoms with E-state index < -0.39 is 0 Å². The Hall–Kier alpha value is -1.08. The molecule has 0 saturated carbocycles. The summed E-state index contributed by atoms with van der Waals surface area (Å²) in [7, 11) is 0. The molecule has 1 rings (SSSR count). The van der Waals surface area contributed by atoms with Gasteiger partial charge in [-0.05, 0) is 19.8 Å². The van der Waals surface area contributed by atoms with Crippen LogP contribution < -0.4 is 0 Å². The first kappa shape index (κ1) is 10.0. The summed E-state index contributed by atoms with van der Waals surface area (Å²) in [6.07, 6.45) is 1.87. The molecule has 1 atom stereocenters. The van der Waals surface area contributed by atoms with Crippen molar-refractivity contribution >= 4 is 5.97 Å². The number of hydrogen-bond acceptors (Lipinski definition) is 4. The van der Waals surface area contributed by atoms with Crippen LogP contribution in [0, 0.1) is 11.3 Å². The first-order valence-electron chi connectivity index (χ1n) is 4.57. The molecule has 0 aromatic rings. The summed E-state index contributed by atoms with van der Waals surface area (Å²) in [5.74, 6) is -0.232. The molecule has 0 amide bonds. The molecule has 1 aliphatic rings. The Kier molecular flexibility index (Phi) is 3.71. The van der Waals surface area contributed by atoms with Gasteiger partial charge in [-0.1, -0.05) is 0 Å². The lowest BCUT2D eigenvalue weighted by Gasteiger charge is -2.17. The monoisotopic (exact) mass is 182 g/mol. The van der Waals surface area contributed by atoms with E-state index >= 15 is 0 Å². The second kappa shape index (κ2) is 4.83. The van der Waals surface area contributed by atoms with Crippen LogP contribution in [0.2, 0.25) is 0 Å². The molecule has 1 aliphatic heterocycles. The second-order valence-corrected chi connectivity index (χ2v) is 3.06. The van der Waals surface area contributed by atoms with Crippen LogP contribution in [-0.4, -0.2) is 36.6 Å². The third-order valence-corrected chi connectivity index (χ3v) is 2.15. The van der Waals surface area contributed by atoms with E-state index in [1.165, 1.54) is 0 Å². The Labute approximate surface area is 78.1 Å². The zero-order valence-electron chi connectivity index (χ0n) is 7.82. The lowest BCUT2D eigenvalue weighted by Crippen LogP contribution is -2.34. The average Bonchev–Trinajstić information content (AvgIpc) is 2.52. The maximum Gasteiger partial charge on any atom is 0.320 e. The number of likely N-dealkylation sites (tertiary alicyclic amines) is 1. The minimum absolute atomic E-state index is 0.0931. The molecule has 0 spiro atoms. The van der Waals surface area contributed by atoms with Crippen molar-refractivity contribution in [1.82, 2.24) is 4.90 Å². The van der Waals surface area contributed by atoms with E-state index in [0.717, 1.165) is 19.4 Å². The van der Waals surface area contributed by atoms with Gasteiger partial charge in [0.15, 0.2) is 0 Å². The maximum atomic E-state index is 11.1. The number of hydrogen-bond donors (Lipinski definition) is 0. The van der Waals surface area contributed by atoms with Crippen molar-refractivity contribution in [1.29, 1.82) is 5.26 Å². The molecule has 0 radical (unpaired) electrons. The Morgan fingerprint density at radius 2 is 2.54 bits per heavy atom. The summed E-state index contributed by atoms with van der Waals surface area (Å²) < 4.78 is 4.81. The summed E-state index contributed by atoms with van der Waals surface area (Å²) in [6.45, 7) is 3.27. The van der Waals surface area contributed by atoms with Crippen molar-refractivity contribution in [3.8, 4) is 6.07 Å². The van der Waals surface area contributed by atoms with E-state index in [4.69, 9.17) is 10.00 Å². The van der Waals surface area contributed by atoms with E-state index in [1.54, 1.807) is 6.92 Å². The van der Waals surface area contributed by atoms with Crippen LogP contribution in [0.4, 0.5) is 0 Å². The van der Waals surface area contributed by atoms with Gasteiger partial charge in [-0.25, -0.2) is 0 Å². The number of carbonyl (C=O) groups is 1. The van der Waals surface area contributed by atoms with Crippen LogP contribution in [0.15, 0.2) is 0 Å². The number of esters is 1. The Morgan fingerprint density at radius 1 is 1.77 bits per heavy atom. The summed E-state index contributed by atoms with van der Waals surface area (Å²) in [5, 5.41) is 8.74. The zero-order chi connectivity index (χ0) is 9.68. The normalized spacial score (nSPS) is 22.6. The van der Waals surface area contributed by atoms with Crippen molar-refractivity contribution in [2.75, 3.05) is 19.7 Å². The molecule has 72 valence electrons. The molecule has 0 bridgehead atoms. The van der Waals surface area contributed by atoms with E-state index in [-0.39, 0.29) is 18.6 Å². The van der Waals surface area contributed by atoms with Crippen molar-refractivity contribution in [2.45, 2.75) is 25.8 Å². The molecule has 4 nitrogen and oxygen atoms in total. The van der Waals surface area contributed by atoms with Crippen molar-refractivity contribution in [3.05, 3.63) is 0 Å². The van der Waals surface area contributed by atoms with Crippen LogP contribution in [0.25, 0.3) is 0 Å². The highest BCUT2D eigenvalue weighted by Crippen LogP contribution is 2.15. The van der Waals surface area contributed by atoms with E-state index in [9.17, 15) is 4.79 Å². The fourth-order valence-corrected chi connectivity index (χ4v) is 1.53. The molecule has 13 heavy (non-hydrogen) atoms. The summed E-state index contributed by atoms with van der Waals surface area (Å²) in [5.41, 5.74) is 0. The summed E-state index contributed by atoms with van der Waals surface area (Å²) >= 11 is 0. The predicted octanol–water partition coefficient (Wildman–Crippen LogP) is 0.537. The maximum absolute atomic E-state index is 11.1. The lowest BCUT2D eigenvalue weighted by molar-refractivity contribution is -0.144. The predicted molar refractivity (Wildman–Crippen MR) is 46.8 cm³/mol. The first-order valence-corrected chi connectivity index (χ1v) is 4.57. The molecular formula is C9H14N2O2. The quantitative estimate of drug-likeness (QED) is 0.598. The molecule has 1 fully saturated rings. The Bertz CT molecular complexity index is 222. The molecule has 1 saturated heterocycles. The van der Waals surface area contributed by atoms with Gasteiger partial charge in [0.05, 0.1) is 25.3 Å². The summed E-state index contributed by atoms with van der Waals surface area (Å²) in [6, 6.07) is 2.09. The number of carbonyl (C=O) groups excluding carboxylic acids is 1. The van der Waals surface area contributed by atoms with E-state index in [1.807, 2.05) is 4.90 Å². The van der Waals surface area contributed by atoms with E-state index in [0.29, 0.717) is 6.61 Å². The second-order valence-electron chi connectivity index (χ2n) is 3.06. The average molecular weight is 182 g/mol. The number of rotatable bonds is 3. The van der Waals surface area contributed by atoms with E-state index in [2.05, 4.69) is 6.07 Å². The van der Waals surface area contributed by atoms with Crippen molar-refractivity contribution in [2.24, 2.45) is 0 Å². The third-order valence-electron chi connectivity index (χ3n) is 2.15. The Morgan fingerprint density at radius 3 is 3.15 bits per heavy atom. The SMILES string of the molecule is CCOC(=O)CN1CCCC1C#N. The molecule has 0 aromatic heterocycles. The molecule has 1 unspecified atom stereocenters. The van der Waals surface area contributed by atoms with Gasteiger partial charge in [-0.2, -0.15) is 5.26 Å². The van der Waals surface area contributed by atoms with Gasteiger partial charge in [-0.15, -0.1) is 0 Å². The molecule has 1 heterocycles. The highest BCUT2D eigenvalue weighted by molar-refractivity contribution is 5.71. The topological polar surface area (TPSA) is 53.3 Å². The highest BCUT2D eigenvalue weighted by Gasteiger charge is 2.25. The van der Waals surface area contributed by atoms with Gasteiger partial charge < -0.3 is 4.74 Å². The van der Waals surface area contributed by atoms with Gasteiger partial charge in [0.25, 0.3) is 0 Å². The lowest BCUT2D eigenvalue weighted by atomic mass is 10.2. The van der Waals surface area contributed by atoms with Crippen molar-refractivity contribution in [3.63, 3.8) is 0 Å². The third kappa shape index (κ3) is 2.71. The van der Waals surface area contributed by atoms with Gasteiger partial charge in [0, 0.05) is 6.54 Å². The van der Waals surface area contributed by atoms with Crippen LogP contribution in [0.5, 0.6) is 0 Å². The van der Waals surface area contributed by atoms with Crippen molar-refractivity contribution < 1.29 is 9.53 Å². The Balaban J connectivity index is 2.36.